The highest BCUT2D eigenvalue weighted by Crippen LogP contribution is 2.16. The maximum absolute atomic E-state index is 11.1. The lowest BCUT2D eigenvalue weighted by molar-refractivity contribution is -0.515. The van der Waals surface area contributed by atoms with Crippen molar-refractivity contribution >= 4 is 11.9 Å². The number of hydrogen-bond acceptors (Lipinski definition) is 6. The molecular weight excluding hydrogens is 240 g/mol. The Hall–Kier alpha value is -1.40. The van der Waals surface area contributed by atoms with Crippen LogP contribution in [0.4, 0.5) is 0 Å². The van der Waals surface area contributed by atoms with E-state index in [-0.39, 0.29) is 6.61 Å². The van der Waals surface area contributed by atoms with E-state index in [0.717, 1.165) is 25.0 Å². The molecule has 0 spiro atoms. The van der Waals surface area contributed by atoms with Gasteiger partial charge in [-0.2, -0.15) is 4.89 Å². The summed E-state index contributed by atoms with van der Waals surface area (Å²) in [7, 11) is 0. The summed E-state index contributed by atoms with van der Waals surface area (Å²) >= 11 is 0. The lowest BCUT2D eigenvalue weighted by Gasteiger charge is -2.20. The minimum Gasteiger partial charge on any atom is -0.463 e. The fraction of sp³-hybridized carbons (Fsp3) is 0.667. The molecule has 0 fully saturated rings. The van der Waals surface area contributed by atoms with E-state index in [0.29, 0.717) is 0 Å². The van der Waals surface area contributed by atoms with E-state index in [1.165, 1.54) is 0 Å². The second-order valence-corrected chi connectivity index (χ2v) is 4.15. The number of rotatable bonds is 8. The molecule has 0 unspecified atom stereocenters. The van der Waals surface area contributed by atoms with Crippen LogP contribution in [0.5, 0.6) is 0 Å². The molecule has 0 rings (SSSR count). The fourth-order valence-corrected chi connectivity index (χ4v) is 1.14. The zero-order valence-corrected chi connectivity index (χ0v) is 11.2. The Morgan fingerprint density at radius 1 is 1.11 bits per heavy atom. The first-order chi connectivity index (χ1) is 8.41. The Balaban J connectivity index is 3.87. The van der Waals surface area contributed by atoms with Crippen LogP contribution in [0.15, 0.2) is 12.2 Å². The number of ether oxygens (including phenoxy) is 1. The molecule has 0 atom stereocenters. The van der Waals surface area contributed by atoms with Crippen LogP contribution < -0.4 is 0 Å². The minimum absolute atomic E-state index is 0.239. The maximum Gasteiger partial charge on any atom is 0.369 e. The highest BCUT2D eigenvalue weighted by molar-refractivity contribution is 5.91. The molecule has 0 amide bonds. The predicted octanol–water partition coefficient (Wildman–Crippen LogP) is 2.09. The standard InChI is InChI=1S/C12H20O6/c1-5-9-12(3,4)17-18-16-11(14)8-7-10(13)15-6-2/h7-8H,5-6,9H2,1-4H3/b8-7+. The molecule has 0 aromatic carbocycles. The number of carbonyl (C=O) groups excluding carboxylic acids is 2. The molecule has 0 aliphatic carbocycles. The van der Waals surface area contributed by atoms with Gasteiger partial charge >= 0.3 is 11.9 Å². The van der Waals surface area contributed by atoms with Crippen LogP contribution in [-0.2, 0) is 29.1 Å². The number of esters is 1. The van der Waals surface area contributed by atoms with E-state index in [2.05, 4.69) is 14.7 Å². The molecule has 0 heterocycles. The molecule has 6 nitrogen and oxygen atoms in total. The molecule has 0 aromatic rings. The molecule has 0 saturated carbocycles. The molecule has 0 N–H and O–H groups in total. The van der Waals surface area contributed by atoms with Gasteiger partial charge in [-0.25, -0.2) is 9.59 Å². The van der Waals surface area contributed by atoms with Crippen LogP contribution >= 0.6 is 0 Å². The van der Waals surface area contributed by atoms with Crippen molar-refractivity contribution in [2.45, 2.75) is 46.1 Å². The van der Waals surface area contributed by atoms with Gasteiger partial charge in [0.1, 0.15) is 5.60 Å². The highest BCUT2D eigenvalue weighted by atomic mass is 17.5. The smallest absolute Gasteiger partial charge is 0.369 e. The van der Waals surface area contributed by atoms with Crippen molar-refractivity contribution in [1.29, 1.82) is 0 Å². The molecule has 0 aliphatic heterocycles. The van der Waals surface area contributed by atoms with Crippen LogP contribution in [0.2, 0.25) is 0 Å². The van der Waals surface area contributed by atoms with Crippen LogP contribution in [-0.4, -0.2) is 24.1 Å². The molecular formula is C12H20O6. The number of carbonyl (C=O) groups is 2. The first-order valence-corrected chi connectivity index (χ1v) is 5.82. The van der Waals surface area contributed by atoms with E-state index in [4.69, 9.17) is 4.89 Å². The quantitative estimate of drug-likeness (QED) is 0.288. The lowest BCUT2D eigenvalue weighted by atomic mass is 10.0. The number of hydrogen-bond donors (Lipinski definition) is 0. The lowest BCUT2D eigenvalue weighted by Crippen LogP contribution is -2.24. The largest absolute Gasteiger partial charge is 0.463 e. The van der Waals surface area contributed by atoms with E-state index in [9.17, 15) is 9.59 Å². The molecule has 6 heteroatoms. The Bertz CT molecular complexity index is 295. The minimum atomic E-state index is -0.852. The summed E-state index contributed by atoms with van der Waals surface area (Å²) in [5, 5.41) is 4.35. The van der Waals surface area contributed by atoms with Crippen molar-refractivity contribution in [2.75, 3.05) is 6.61 Å². The van der Waals surface area contributed by atoms with E-state index >= 15 is 0 Å². The van der Waals surface area contributed by atoms with Crippen LogP contribution in [0.25, 0.3) is 0 Å². The van der Waals surface area contributed by atoms with Gasteiger partial charge < -0.3 is 4.74 Å². The van der Waals surface area contributed by atoms with Gasteiger partial charge in [-0.05, 0) is 32.2 Å². The van der Waals surface area contributed by atoms with Gasteiger partial charge in [-0.15, -0.1) is 0 Å². The average Bonchev–Trinajstić information content (AvgIpc) is 2.26. The Kier molecular flexibility index (Phi) is 7.98. The fourth-order valence-electron chi connectivity index (χ4n) is 1.14. The van der Waals surface area contributed by atoms with Crippen molar-refractivity contribution in [3.63, 3.8) is 0 Å². The van der Waals surface area contributed by atoms with Crippen molar-refractivity contribution in [1.82, 2.24) is 0 Å². The Morgan fingerprint density at radius 2 is 1.72 bits per heavy atom. The van der Waals surface area contributed by atoms with Crippen molar-refractivity contribution in [2.24, 2.45) is 0 Å². The first kappa shape index (κ1) is 16.6. The first-order valence-electron chi connectivity index (χ1n) is 5.82. The summed E-state index contributed by atoms with van der Waals surface area (Å²) in [5.41, 5.74) is -0.542. The Morgan fingerprint density at radius 3 is 2.28 bits per heavy atom. The van der Waals surface area contributed by atoms with Gasteiger partial charge in [0.25, 0.3) is 0 Å². The SMILES string of the molecule is CCCC(C)(C)OOOC(=O)/C=C/C(=O)OCC. The van der Waals surface area contributed by atoms with Gasteiger partial charge in [-0.3, -0.25) is 4.89 Å². The molecule has 0 aromatic heterocycles. The summed E-state index contributed by atoms with van der Waals surface area (Å²) in [5.74, 6) is -1.47. The summed E-state index contributed by atoms with van der Waals surface area (Å²) in [6.07, 6.45) is 3.51. The van der Waals surface area contributed by atoms with Gasteiger partial charge in [0.2, 0.25) is 0 Å². The van der Waals surface area contributed by atoms with Crippen molar-refractivity contribution < 1.29 is 29.1 Å². The van der Waals surface area contributed by atoms with Gasteiger partial charge in [-0.1, -0.05) is 13.3 Å². The second kappa shape index (κ2) is 8.66. The van der Waals surface area contributed by atoms with Crippen molar-refractivity contribution in [3.05, 3.63) is 12.2 Å². The van der Waals surface area contributed by atoms with E-state index < -0.39 is 17.5 Å². The molecule has 0 radical (unpaired) electrons. The molecule has 104 valence electrons. The van der Waals surface area contributed by atoms with Crippen molar-refractivity contribution in [3.8, 4) is 0 Å². The highest BCUT2D eigenvalue weighted by Gasteiger charge is 2.19. The predicted molar refractivity (Wildman–Crippen MR) is 63.0 cm³/mol. The average molecular weight is 260 g/mol. The normalized spacial score (nSPS) is 11.6. The van der Waals surface area contributed by atoms with E-state index in [1.807, 2.05) is 6.92 Å². The Labute approximate surface area is 107 Å². The second-order valence-electron chi connectivity index (χ2n) is 4.15. The third-order valence-corrected chi connectivity index (χ3v) is 1.87. The third-order valence-electron chi connectivity index (χ3n) is 1.87. The molecule has 18 heavy (non-hydrogen) atoms. The van der Waals surface area contributed by atoms with Gasteiger partial charge in [0.15, 0.2) is 0 Å². The molecule has 0 aliphatic rings. The summed E-state index contributed by atoms with van der Waals surface area (Å²) in [6.45, 7) is 7.51. The van der Waals surface area contributed by atoms with Crippen LogP contribution in [0, 0.1) is 0 Å². The summed E-state index contributed by atoms with van der Waals surface area (Å²) in [4.78, 5) is 31.1. The summed E-state index contributed by atoms with van der Waals surface area (Å²) in [6, 6.07) is 0. The monoisotopic (exact) mass is 260 g/mol. The zero-order valence-electron chi connectivity index (χ0n) is 11.2. The molecule has 0 bridgehead atoms. The zero-order chi connectivity index (χ0) is 14.0. The van der Waals surface area contributed by atoms with Crippen LogP contribution in [0.3, 0.4) is 0 Å². The summed E-state index contributed by atoms with van der Waals surface area (Å²) < 4.78 is 4.58. The third kappa shape index (κ3) is 8.72. The van der Waals surface area contributed by atoms with Crippen LogP contribution in [0.1, 0.15) is 40.5 Å². The topological polar surface area (TPSA) is 71.1 Å². The van der Waals surface area contributed by atoms with E-state index in [1.54, 1.807) is 20.8 Å². The van der Waals surface area contributed by atoms with Gasteiger partial charge in [0, 0.05) is 12.2 Å². The maximum atomic E-state index is 11.1. The molecule has 0 saturated heterocycles. The van der Waals surface area contributed by atoms with Gasteiger partial charge in [0.05, 0.1) is 6.61 Å².